The minimum absolute atomic E-state index is 0.121. The number of hydrogen-bond donors (Lipinski definition) is 1. The Balaban J connectivity index is 0.000000944. The van der Waals surface area contributed by atoms with Crippen molar-refractivity contribution in [2.75, 3.05) is 22.9 Å². The molecule has 1 aliphatic heterocycles. The number of benzene rings is 2. The summed E-state index contributed by atoms with van der Waals surface area (Å²) in [6.07, 6.45) is 10.1. The fourth-order valence-electron chi connectivity index (χ4n) is 3.28. The molecule has 1 aliphatic rings. The predicted molar refractivity (Wildman–Crippen MR) is 135 cm³/mol. The molecular weight excluding hydrogens is 472 g/mol. The van der Waals surface area contributed by atoms with Crippen LogP contribution in [-0.2, 0) is 11.3 Å². The number of nitrogens with zero attached hydrogens (tertiary/aromatic N) is 2. The first-order valence-corrected chi connectivity index (χ1v) is 10.7. The number of anilines is 2. The van der Waals surface area contributed by atoms with Crippen molar-refractivity contribution in [1.82, 2.24) is 0 Å². The highest BCUT2D eigenvalue weighted by Crippen LogP contribution is 2.35. The third kappa shape index (κ3) is 6.93. The maximum atomic E-state index is 13.6. The second-order valence-corrected chi connectivity index (χ2v) is 7.84. The van der Waals surface area contributed by atoms with Crippen LogP contribution in [0.25, 0.3) is 0 Å². The average Bonchev–Trinajstić information content (AvgIpc) is 2.97. The summed E-state index contributed by atoms with van der Waals surface area (Å²) in [6, 6.07) is 13.0. The minimum Gasteiger partial charge on any atom is -0.372 e. The maximum Gasteiger partial charge on any atom is 0.204 e. The lowest BCUT2D eigenvalue weighted by Crippen LogP contribution is -2.31. The van der Waals surface area contributed by atoms with E-state index in [9.17, 15) is 4.39 Å². The number of para-hydroxylation sites is 1. The van der Waals surface area contributed by atoms with Crippen molar-refractivity contribution < 1.29 is 9.18 Å². The molecule has 0 fully saturated rings. The number of nitrogens with two attached hydrogens (primary N) is 1. The van der Waals surface area contributed by atoms with Gasteiger partial charge in [-0.15, -0.1) is 12.8 Å². The highest BCUT2D eigenvalue weighted by Gasteiger charge is 2.24. The van der Waals surface area contributed by atoms with Gasteiger partial charge < -0.3 is 15.5 Å². The molecule has 0 saturated carbocycles. The molecule has 0 spiro atoms. The number of terminal acetylenes is 1. The van der Waals surface area contributed by atoms with E-state index in [1.807, 2.05) is 32.1 Å². The number of fused-ring (bicyclic) bond motifs is 1. The third-order valence-electron chi connectivity index (χ3n) is 4.58. The minimum atomic E-state index is -0.417. The zero-order valence-electron chi connectivity index (χ0n) is 17.9. The fourth-order valence-corrected chi connectivity index (χ4v) is 3.95. The van der Waals surface area contributed by atoms with Gasteiger partial charge in [-0.1, -0.05) is 59.1 Å². The van der Waals surface area contributed by atoms with Crippen molar-refractivity contribution in [3.63, 3.8) is 0 Å². The molecule has 4 nitrogen and oxygen atoms in total. The van der Waals surface area contributed by atoms with E-state index in [2.05, 4.69) is 40.5 Å². The highest BCUT2D eigenvalue weighted by atomic mass is 35.5. The summed E-state index contributed by atoms with van der Waals surface area (Å²) in [5, 5.41) is 1.36. The highest BCUT2D eigenvalue weighted by molar-refractivity contribution is 6.35. The van der Waals surface area contributed by atoms with Crippen LogP contribution in [0.3, 0.4) is 0 Å². The van der Waals surface area contributed by atoms with Crippen molar-refractivity contribution in [3.05, 3.63) is 80.7 Å². The van der Waals surface area contributed by atoms with Gasteiger partial charge in [-0.25, -0.2) is 4.39 Å². The van der Waals surface area contributed by atoms with Crippen LogP contribution in [0.1, 0.15) is 19.4 Å². The lowest BCUT2D eigenvalue weighted by atomic mass is 10.1. The number of rotatable bonds is 3. The van der Waals surface area contributed by atoms with Crippen molar-refractivity contribution in [1.29, 1.82) is 0 Å². The van der Waals surface area contributed by atoms with Crippen molar-refractivity contribution in [3.8, 4) is 12.8 Å². The van der Waals surface area contributed by atoms with E-state index in [-0.39, 0.29) is 11.4 Å². The number of carbonyl (C=O) groups excluding carboxylic acids is 1. The van der Waals surface area contributed by atoms with Gasteiger partial charge in [0.1, 0.15) is 5.82 Å². The van der Waals surface area contributed by atoms with Crippen LogP contribution in [-0.4, -0.2) is 19.5 Å². The summed E-state index contributed by atoms with van der Waals surface area (Å²) in [5.74, 6) is -0.417. The molecule has 0 aromatic heterocycles. The van der Waals surface area contributed by atoms with E-state index >= 15 is 0 Å². The largest absolute Gasteiger partial charge is 0.372 e. The number of hydrogen-bond acceptors (Lipinski definition) is 3. The van der Waals surface area contributed by atoms with E-state index in [1.54, 1.807) is 12.1 Å². The van der Waals surface area contributed by atoms with Crippen LogP contribution in [0.4, 0.5) is 15.8 Å². The Hall–Kier alpha value is -2.65. The zero-order chi connectivity index (χ0) is 24.3. The summed E-state index contributed by atoms with van der Waals surface area (Å²) in [5.41, 5.74) is 8.03. The molecule has 0 atom stereocenters. The molecular formula is C24H25Cl3FN3O. The number of allylic oxidation sites excluding steroid dienone is 3. The molecule has 3 rings (SSSR count). The molecule has 0 aliphatic carbocycles. The number of carbonyl (C=O) groups is 1. The van der Waals surface area contributed by atoms with Gasteiger partial charge in [0.05, 0.1) is 15.8 Å². The topological polar surface area (TPSA) is 49.6 Å². The lowest BCUT2D eigenvalue weighted by Gasteiger charge is -2.28. The second kappa shape index (κ2) is 13.7. The van der Waals surface area contributed by atoms with E-state index in [0.717, 1.165) is 22.6 Å². The monoisotopic (exact) mass is 495 g/mol. The molecule has 1 amide bonds. The fraction of sp³-hybridized carbons (Fsp3) is 0.208. The zero-order valence-corrected chi connectivity index (χ0v) is 20.1. The van der Waals surface area contributed by atoms with Gasteiger partial charge in [0.25, 0.3) is 0 Å². The van der Waals surface area contributed by atoms with Crippen LogP contribution in [0.2, 0.25) is 5.02 Å². The van der Waals surface area contributed by atoms with Gasteiger partial charge in [0.15, 0.2) is 0 Å². The summed E-state index contributed by atoms with van der Waals surface area (Å²) in [4.78, 5) is 12.9. The van der Waals surface area contributed by atoms with E-state index in [1.165, 1.54) is 6.07 Å². The Morgan fingerprint density at radius 3 is 2.34 bits per heavy atom. The quantitative estimate of drug-likeness (QED) is 0.309. The van der Waals surface area contributed by atoms with Crippen LogP contribution >= 0.6 is 34.8 Å². The third-order valence-corrected chi connectivity index (χ3v) is 5.45. The van der Waals surface area contributed by atoms with Crippen LogP contribution in [0.5, 0.6) is 0 Å². The van der Waals surface area contributed by atoms with Gasteiger partial charge in [0.2, 0.25) is 6.41 Å². The maximum absolute atomic E-state index is 13.6. The molecule has 1 heterocycles. The molecule has 0 radical (unpaired) electrons. The van der Waals surface area contributed by atoms with E-state index in [0.29, 0.717) is 29.7 Å². The number of primary amides is 1. The van der Waals surface area contributed by atoms with Crippen molar-refractivity contribution in [2.24, 2.45) is 5.73 Å². The van der Waals surface area contributed by atoms with Gasteiger partial charge in [-0.3, -0.25) is 4.79 Å². The SMILES string of the molecule is C#C.C/C=C(Cl)\C(=C(/C)Cl)N1CCN(c2ccc(F)c(Cl)c2)Cc2ccccc21.NC=O. The molecule has 0 unspecified atom stereocenters. The normalized spacial score (nSPS) is 13.9. The molecule has 8 heteroatoms. The van der Waals surface area contributed by atoms with Gasteiger partial charge in [-0.2, -0.15) is 0 Å². The second-order valence-electron chi connectivity index (χ2n) is 6.46. The van der Waals surface area contributed by atoms with Crippen molar-refractivity contribution in [2.45, 2.75) is 20.4 Å². The van der Waals surface area contributed by atoms with Gasteiger partial charge in [0, 0.05) is 36.0 Å². The summed E-state index contributed by atoms with van der Waals surface area (Å²) in [7, 11) is 0. The molecule has 0 bridgehead atoms. The molecule has 2 aromatic rings. The first kappa shape index (κ1) is 27.4. The first-order chi connectivity index (χ1) is 15.3. The Bertz CT molecular complexity index is 1000. The predicted octanol–water partition coefficient (Wildman–Crippen LogP) is 6.27. The van der Waals surface area contributed by atoms with Crippen LogP contribution < -0.4 is 15.5 Å². The Labute approximate surface area is 204 Å². The van der Waals surface area contributed by atoms with E-state index < -0.39 is 5.82 Å². The Morgan fingerprint density at radius 2 is 1.78 bits per heavy atom. The summed E-state index contributed by atoms with van der Waals surface area (Å²) >= 11 is 18.9. The lowest BCUT2D eigenvalue weighted by molar-refractivity contribution is -0.106. The number of halogens is 4. The average molecular weight is 497 g/mol. The standard InChI is InChI=1S/C21H20Cl3FN2.C2H2.CH3NO/c1-3-17(23)21(14(2)22)27-11-10-26(13-15-6-4-5-7-20(15)27)16-8-9-19(25)18(24)12-16;1-2;2-1-3/h3-9,12H,10-11,13H2,1-2H3;1-2H;1H,(H2,2,3)/b17-3+,21-14-;;. The van der Waals surface area contributed by atoms with Gasteiger partial charge >= 0.3 is 0 Å². The molecule has 32 heavy (non-hydrogen) atoms. The Kier molecular flexibility index (Phi) is 11.7. The van der Waals surface area contributed by atoms with E-state index in [4.69, 9.17) is 39.6 Å². The molecule has 170 valence electrons. The summed E-state index contributed by atoms with van der Waals surface area (Å²) < 4.78 is 13.6. The summed E-state index contributed by atoms with van der Waals surface area (Å²) in [6.45, 7) is 5.79. The molecule has 0 saturated heterocycles. The van der Waals surface area contributed by atoms with Crippen LogP contribution in [0.15, 0.2) is 64.3 Å². The molecule has 2 aromatic carbocycles. The Morgan fingerprint density at radius 1 is 1.16 bits per heavy atom. The van der Waals surface area contributed by atoms with Crippen LogP contribution in [0, 0.1) is 18.7 Å². The first-order valence-electron chi connectivity index (χ1n) is 9.56. The van der Waals surface area contributed by atoms with Gasteiger partial charge in [-0.05, 0) is 43.7 Å². The van der Waals surface area contributed by atoms with Crippen molar-refractivity contribution >= 4 is 52.6 Å². The smallest absolute Gasteiger partial charge is 0.204 e. The number of amides is 1. The molecule has 2 N–H and O–H groups in total.